The lowest BCUT2D eigenvalue weighted by molar-refractivity contribution is -0.141. The molecule has 2 atom stereocenters. The van der Waals surface area contributed by atoms with E-state index in [4.69, 9.17) is 0 Å². The Labute approximate surface area is 214 Å². The molecule has 3 rings (SSSR count). The van der Waals surface area contributed by atoms with Crippen LogP contribution < -0.4 is 5.32 Å². The summed E-state index contributed by atoms with van der Waals surface area (Å²) in [4.78, 5) is 30.1. The topological polar surface area (TPSA) is 49.4 Å². The lowest BCUT2D eigenvalue weighted by Crippen LogP contribution is -2.52. The molecule has 0 saturated carbocycles. The zero-order valence-electron chi connectivity index (χ0n) is 20.9. The quantitative estimate of drug-likeness (QED) is 0.317. The second-order valence-electron chi connectivity index (χ2n) is 8.95. The van der Waals surface area contributed by atoms with E-state index in [9.17, 15) is 9.59 Å². The number of carbonyl (C=O) groups excluding carboxylic acids is 2. The molecule has 0 unspecified atom stereocenters. The molecule has 5 heteroatoms. The number of hydrogen-bond donors (Lipinski definition) is 1. The van der Waals surface area contributed by atoms with Gasteiger partial charge < -0.3 is 10.2 Å². The third kappa shape index (κ3) is 8.59. The maximum Gasteiger partial charge on any atom is 0.243 e. The highest BCUT2D eigenvalue weighted by Gasteiger charge is 2.30. The average Bonchev–Trinajstić information content (AvgIpc) is 2.87. The van der Waals surface area contributed by atoms with E-state index in [1.807, 2.05) is 87.5 Å². The Morgan fingerprint density at radius 3 is 2.23 bits per heavy atom. The predicted molar refractivity (Wildman–Crippen MR) is 145 cm³/mol. The maximum absolute atomic E-state index is 13.6. The molecular formula is C30H36N2O2S. The second-order valence-corrected chi connectivity index (χ2v) is 10.1. The fraction of sp³-hybridized carbons (Fsp3) is 0.333. The number of rotatable bonds is 12. The van der Waals surface area contributed by atoms with Gasteiger partial charge in [-0.05, 0) is 43.5 Å². The van der Waals surface area contributed by atoms with Crippen molar-refractivity contribution in [3.8, 4) is 0 Å². The van der Waals surface area contributed by atoms with Crippen LogP contribution in [0.5, 0.6) is 0 Å². The monoisotopic (exact) mass is 488 g/mol. The van der Waals surface area contributed by atoms with Crippen molar-refractivity contribution < 1.29 is 9.59 Å². The second kappa shape index (κ2) is 13.7. The van der Waals surface area contributed by atoms with E-state index < -0.39 is 6.04 Å². The molecule has 0 spiro atoms. The minimum absolute atomic E-state index is 0.00447. The summed E-state index contributed by atoms with van der Waals surface area (Å²) in [5.74, 6) is 0.563. The summed E-state index contributed by atoms with van der Waals surface area (Å²) in [6.07, 6.45) is 1.68. The van der Waals surface area contributed by atoms with Gasteiger partial charge in [0.15, 0.2) is 0 Å². The first-order valence-electron chi connectivity index (χ1n) is 12.3. The van der Waals surface area contributed by atoms with Gasteiger partial charge in [0.2, 0.25) is 11.8 Å². The number of aryl methyl sites for hydroxylation is 1. The predicted octanol–water partition coefficient (Wildman–Crippen LogP) is 6.03. The summed E-state index contributed by atoms with van der Waals surface area (Å²) in [6, 6.07) is 27.7. The highest BCUT2D eigenvalue weighted by atomic mass is 32.2. The Bertz CT molecular complexity index is 1070. The molecule has 0 bridgehead atoms. The Morgan fingerprint density at radius 1 is 0.914 bits per heavy atom. The van der Waals surface area contributed by atoms with E-state index in [0.717, 1.165) is 28.0 Å². The molecule has 0 radical (unpaired) electrons. The molecule has 0 aliphatic carbocycles. The number of amides is 2. The number of benzene rings is 3. The van der Waals surface area contributed by atoms with Gasteiger partial charge in [0.1, 0.15) is 6.04 Å². The zero-order valence-corrected chi connectivity index (χ0v) is 21.8. The van der Waals surface area contributed by atoms with Crippen molar-refractivity contribution in [1.29, 1.82) is 0 Å². The summed E-state index contributed by atoms with van der Waals surface area (Å²) < 4.78 is 0. The smallest absolute Gasteiger partial charge is 0.243 e. The van der Waals surface area contributed by atoms with Crippen LogP contribution >= 0.6 is 11.8 Å². The molecule has 0 fully saturated rings. The molecule has 0 aliphatic rings. The number of thioether (sulfide) groups is 1. The first-order chi connectivity index (χ1) is 17.0. The van der Waals surface area contributed by atoms with Gasteiger partial charge in [-0.2, -0.15) is 0 Å². The highest BCUT2D eigenvalue weighted by Crippen LogP contribution is 2.21. The molecule has 0 saturated heterocycles. The summed E-state index contributed by atoms with van der Waals surface area (Å²) >= 11 is 1.67. The summed E-state index contributed by atoms with van der Waals surface area (Å²) in [7, 11) is 0. The van der Waals surface area contributed by atoms with Crippen LogP contribution in [0.3, 0.4) is 0 Å². The molecule has 0 aliphatic heterocycles. The van der Waals surface area contributed by atoms with E-state index in [2.05, 4.69) is 23.5 Å². The molecule has 0 aromatic heterocycles. The summed E-state index contributed by atoms with van der Waals surface area (Å²) in [5.41, 5.74) is 3.21. The van der Waals surface area contributed by atoms with Gasteiger partial charge in [0.25, 0.3) is 0 Å². The fourth-order valence-electron chi connectivity index (χ4n) is 3.92. The first-order valence-corrected chi connectivity index (χ1v) is 13.3. The van der Waals surface area contributed by atoms with Gasteiger partial charge in [0.05, 0.1) is 0 Å². The molecule has 1 N–H and O–H groups in total. The van der Waals surface area contributed by atoms with E-state index in [1.165, 1.54) is 0 Å². The standard InChI is InChI=1S/C30H36N2O2S/c1-4-24(3)31-30(34)28(21-25-13-7-5-8-14-25)32(22-26-15-11-12-23(2)20-26)29(33)18-19-35-27-16-9-6-10-17-27/h5-17,20,24,28H,4,18-19,21-22H2,1-3H3,(H,31,34)/t24-,28+/m1/s1. The normalized spacial score (nSPS) is 12.5. The number of hydrogen-bond acceptors (Lipinski definition) is 3. The Balaban J connectivity index is 1.86. The maximum atomic E-state index is 13.6. The van der Waals surface area contributed by atoms with Gasteiger partial charge >= 0.3 is 0 Å². The third-order valence-electron chi connectivity index (χ3n) is 6.04. The molecule has 3 aromatic rings. The van der Waals surface area contributed by atoms with Crippen LogP contribution in [0.4, 0.5) is 0 Å². The molecule has 4 nitrogen and oxygen atoms in total. The van der Waals surface area contributed by atoms with Crippen LogP contribution in [-0.2, 0) is 22.6 Å². The van der Waals surface area contributed by atoms with Crippen LogP contribution in [0.1, 0.15) is 43.4 Å². The molecule has 2 amide bonds. The van der Waals surface area contributed by atoms with Crippen LogP contribution in [0.2, 0.25) is 0 Å². The summed E-state index contributed by atoms with van der Waals surface area (Å²) in [6.45, 7) is 6.50. The number of nitrogens with one attached hydrogen (secondary N) is 1. The SMILES string of the molecule is CC[C@@H](C)NC(=O)[C@H](Cc1ccccc1)N(Cc1cccc(C)c1)C(=O)CCSc1ccccc1. The van der Waals surface area contributed by atoms with Gasteiger partial charge in [-0.1, -0.05) is 85.3 Å². The zero-order chi connectivity index (χ0) is 25.0. The van der Waals surface area contributed by atoms with Crippen LogP contribution in [0, 0.1) is 6.92 Å². The number of nitrogens with zero attached hydrogens (tertiary/aromatic N) is 1. The van der Waals surface area contributed by atoms with E-state index in [0.29, 0.717) is 25.1 Å². The van der Waals surface area contributed by atoms with Crippen LogP contribution in [0.15, 0.2) is 89.8 Å². The molecular weight excluding hydrogens is 452 g/mol. The lowest BCUT2D eigenvalue weighted by Gasteiger charge is -2.32. The van der Waals surface area contributed by atoms with Crippen LogP contribution in [-0.4, -0.2) is 34.6 Å². The Hall–Kier alpha value is -3.05. The minimum atomic E-state index is -0.582. The van der Waals surface area contributed by atoms with Gasteiger partial charge in [0, 0.05) is 36.1 Å². The van der Waals surface area contributed by atoms with Gasteiger partial charge in [-0.25, -0.2) is 0 Å². The van der Waals surface area contributed by atoms with E-state index >= 15 is 0 Å². The Morgan fingerprint density at radius 2 is 1.57 bits per heavy atom. The first kappa shape index (κ1) is 26.6. The van der Waals surface area contributed by atoms with Crippen molar-refractivity contribution >= 4 is 23.6 Å². The van der Waals surface area contributed by atoms with E-state index in [-0.39, 0.29) is 17.9 Å². The van der Waals surface area contributed by atoms with Crippen molar-refractivity contribution in [2.75, 3.05) is 5.75 Å². The van der Waals surface area contributed by atoms with Crippen molar-refractivity contribution in [2.24, 2.45) is 0 Å². The molecule has 0 heterocycles. The van der Waals surface area contributed by atoms with Crippen molar-refractivity contribution in [3.05, 3.63) is 102 Å². The van der Waals surface area contributed by atoms with Crippen molar-refractivity contribution in [2.45, 2.75) is 63.6 Å². The summed E-state index contributed by atoms with van der Waals surface area (Å²) in [5, 5.41) is 3.13. The third-order valence-corrected chi connectivity index (χ3v) is 7.05. The highest BCUT2D eigenvalue weighted by molar-refractivity contribution is 7.99. The molecule has 3 aromatic carbocycles. The number of carbonyl (C=O) groups is 2. The molecule has 184 valence electrons. The van der Waals surface area contributed by atoms with Gasteiger partial charge in [-0.15, -0.1) is 11.8 Å². The largest absolute Gasteiger partial charge is 0.352 e. The van der Waals surface area contributed by atoms with Crippen molar-refractivity contribution in [1.82, 2.24) is 10.2 Å². The lowest BCUT2D eigenvalue weighted by atomic mass is 10.0. The minimum Gasteiger partial charge on any atom is -0.352 e. The van der Waals surface area contributed by atoms with E-state index in [1.54, 1.807) is 16.7 Å². The molecule has 35 heavy (non-hydrogen) atoms. The van der Waals surface area contributed by atoms with Crippen LogP contribution in [0.25, 0.3) is 0 Å². The van der Waals surface area contributed by atoms with Crippen molar-refractivity contribution in [3.63, 3.8) is 0 Å². The fourth-order valence-corrected chi connectivity index (χ4v) is 4.78. The Kier molecular flexibility index (Phi) is 10.4. The van der Waals surface area contributed by atoms with Gasteiger partial charge in [-0.3, -0.25) is 9.59 Å². The average molecular weight is 489 g/mol.